The van der Waals surface area contributed by atoms with Crippen LogP contribution in [0.1, 0.15) is 48.0 Å². The number of hydrogen-bond acceptors (Lipinski definition) is 2. The summed E-state index contributed by atoms with van der Waals surface area (Å²) in [5.74, 6) is 0.0326. The van der Waals surface area contributed by atoms with E-state index in [1.54, 1.807) is 0 Å². The lowest BCUT2D eigenvalue weighted by molar-refractivity contribution is 0.0929. The van der Waals surface area contributed by atoms with E-state index < -0.39 is 0 Å². The van der Waals surface area contributed by atoms with E-state index in [1.807, 2.05) is 61.5 Å². The number of nitrogens with zero attached hydrogens (tertiary/aromatic N) is 1. The normalized spacial score (nSPS) is 15.1. The zero-order chi connectivity index (χ0) is 17.9. The van der Waals surface area contributed by atoms with Gasteiger partial charge >= 0.3 is 0 Å². The molecule has 3 aromatic rings. The molecule has 3 heteroatoms. The predicted octanol–water partition coefficient (Wildman–Crippen LogP) is 5.27. The summed E-state index contributed by atoms with van der Waals surface area (Å²) in [6.07, 6.45) is 5.85. The van der Waals surface area contributed by atoms with Gasteiger partial charge < -0.3 is 5.32 Å². The Morgan fingerprint density at radius 2 is 1.65 bits per heavy atom. The molecule has 4 rings (SSSR count). The van der Waals surface area contributed by atoms with Crippen molar-refractivity contribution in [1.82, 2.24) is 10.3 Å². The molecule has 1 heterocycles. The highest BCUT2D eigenvalue weighted by atomic mass is 16.1. The molecule has 2 aromatic carbocycles. The van der Waals surface area contributed by atoms with Gasteiger partial charge in [0.25, 0.3) is 5.91 Å². The van der Waals surface area contributed by atoms with Crippen molar-refractivity contribution in [3.05, 3.63) is 65.7 Å². The summed E-state index contributed by atoms with van der Waals surface area (Å²) in [7, 11) is 0. The molecular formula is C23H24N2O. The van der Waals surface area contributed by atoms with E-state index in [0.717, 1.165) is 46.1 Å². The van der Waals surface area contributed by atoms with Gasteiger partial charge in [-0.15, -0.1) is 0 Å². The lowest BCUT2D eigenvalue weighted by Gasteiger charge is -2.24. The number of carbonyl (C=O) groups excluding carboxylic acids is 1. The van der Waals surface area contributed by atoms with E-state index >= 15 is 0 Å². The number of benzene rings is 2. The van der Waals surface area contributed by atoms with Crippen LogP contribution in [0.4, 0.5) is 0 Å². The first-order valence-electron chi connectivity index (χ1n) is 9.49. The average Bonchev–Trinajstić information content (AvgIpc) is 2.69. The van der Waals surface area contributed by atoms with Crippen LogP contribution in [0.15, 0.2) is 54.6 Å². The van der Waals surface area contributed by atoms with Crippen LogP contribution in [0.2, 0.25) is 0 Å². The Hall–Kier alpha value is -2.68. The van der Waals surface area contributed by atoms with Gasteiger partial charge in [-0.25, -0.2) is 4.98 Å². The van der Waals surface area contributed by atoms with Gasteiger partial charge in [-0.3, -0.25) is 4.79 Å². The molecule has 26 heavy (non-hydrogen) atoms. The minimum Gasteiger partial charge on any atom is -0.349 e. The third-order valence-corrected chi connectivity index (χ3v) is 5.35. The topological polar surface area (TPSA) is 42.0 Å². The first kappa shape index (κ1) is 16.8. The summed E-state index contributed by atoms with van der Waals surface area (Å²) in [6.45, 7) is 2.01. The molecule has 0 spiro atoms. The second kappa shape index (κ2) is 7.28. The molecular weight excluding hydrogens is 320 g/mol. The largest absolute Gasteiger partial charge is 0.349 e. The molecule has 0 unspecified atom stereocenters. The van der Waals surface area contributed by atoms with Crippen LogP contribution in [0.3, 0.4) is 0 Å². The second-order valence-corrected chi connectivity index (χ2v) is 7.15. The third kappa shape index (κ3) is 3.22. The van der Waals surface area contributed by atoms with Gasteiger partial charge in [-0.05, 0) is 31.4 Å². The summed E-state index contributed by atoms with van der Waals surface area (Å²) < 4.78 is 0. The van der Waals surface area contributed by atoms with E-state index in [0.29, 0.717) is 6.04 Å². The van der Waals surface area contributed by atoms with Gasteiger partial charge in [0, 0.05) is 17.0 Å². The molecule has 1 saturated carbocycles. The molecule has 3 nitrogen and oxygen atoms in total. The minimum absolute atomic E-state index is 0.0326. The van der Waals surface area contributed by atoms with E-state index in [4.69, 9.17) is 4.98 Å². The van der Waals surface area contributed by atoms with Crippen molar-refractivity contribution >= 4 is 16.8 Å². The van der Waals surface area contributed by atoms with Gasteiger partial charge in [0.05, 0.1) is 16.8 Å². The summed E-state index contributed by atoms with van der Waals surface area (Å²) in [5, 5.41) is 4.21. The molecule has 0 saturated heterocycles. The highest BCUT2D eigenvalue weighted by molar-refractivity contribution is 6.09. The number of pyridine rings is 1. The zero-order valence-corrected chi connectivity index (χ0v) is 15.2. The Balaban J connectivity index is 1.81. The number of hydrogen-bond donors (Lipinski definition) is 1. The van der Waals surface area contributed by atoms with Crippen molar-refractivity contribution in [2.24, 2.45) is 0 Å². The lowest BCUT2D eigenvalue weighted by Crippen LogP contribution is -2.36. The Bertz CT molecular complexity index is 928. The van der Waals surface area contributed by atoms with E-state index in [1.165, 1.54) is 19.3 Å². The Morgan fingerprint density at radius 3 is 2.42 bits per heavy atom. The lowest BCUT2D eigenvalue weighted by atomic mass is 9.93. The number of fused-ring (bicyclic) bond motifs is 1. The van der Waals surface area contributed by atoms with Crippen LogP contribution in [0.25, 0.3) is 22.2 Å². The summed E-state index contributed by atoms with van der Waals surface area (Å²) in [6, 6.07) is 18.3. The van der Waals surface area contributed by atoms with Crippen LogP contribution in [-0.2, 0) is 0 Å². The molecule has 1 aliphatic rings. The molecule has 0 radical (unpaired) electrons. The molecule has 132 valence electrons. The van der Waals surface area contributed by atoms with Crippen LogP contribution in [-0.4, -0.2) is 16.9 Å². The van der Waals surface area contributed by atoms with E-state index in [2.05, 4.69) is 5.32 Å². The fraction of sp³-hybridized carbons (Fsp3) is 0.304. The van der Waals surface area contributed by atoms with Crippen molar-refractivity contribution < 1.29 is 4.79 Å². The van der Waals surface area contributed by atoms with Gasteiger partial charge in [0.15, 0.2) is 0 Å². The molecule has 0 atom stereocenters. The van der Waals surface area contributed by atoms with E-state index in [-0.39, 0.29) is 5.91 Å². The van der Waals surface area contributed by atoms with Gasteiger partial charge in [0.2, 0.25) is 0 Å². The SMILES string of the molecule is Cc1c(-c2ccccc2)nc2ccccc2c1C(=O)NC1CCCCC1. The van der Waals surface area contributed by atoms with Crippen molar-refractivity contribution in [3.8, 4) is 11.3 Å². The minimum atomic E-state index is 0.0326. The number of amides is 1. The number of nitrogens with one attached hydrogen (secondary N) is 1. The Labute approximate surface area is 154 Å². The van der Waals surface area contributed by atoms with Crippen LogP contribution in [0.5, 0.6) is 0 Å². The number of carbonyl (C=O) groups is 1. The van der Waals surface area contributed by atoms with Crippen molar-refractivity contribution in [3.63, 3.8) is 0 Å². The van der Waals surface area contributed by atoms with Crippen molar-refractivity contribution in [2.75, 3.05) is 0 Å². The average molecular weight is 344 g/mol. The molecule has 1 N–H and O–H groups in total. The standard InChI is InChI=1S/C23H24N2O/c1-16-21(23(26)24-18-12-6-3-7-13-18)19-14-8-9-15-20(19)25-22(16)17-10-4-2-5-11-17/h2,4-5,8-11,14-15,18H,3,6-7,12-13H2,1H3,(H,24,26). The fourth-order valence-corrected chi connectivity index (χ4v) is 3.98. The number of rotatable bonds is 3. The van der Waals surface area contributed by atoms with Gasteiger partial charge in [0.1, 0.15) is 0 Å². The maximum Gasteiger partial charge on any atom is 0.252 e. The molecule has 1 amide bonds. The third-order valence-electron chi connectivity index (χ3n) is 5.35. The smallest absolute Gasteiger partial charge is 0.252 e. The second-order valence-electron chi connectivity index (χ2n) is 7.15. The van der Waals surface area contributed by atoms with Crippen molar-refractivity contribution in [2.45, 2.75) is 45.1 Å². The maximum absolute atomic E-state index is 13.2. The number of aromatic nitrogens is 1. The highest BCUT2D eigenvalue weighted by Gasteiger charge is 2.22. The van der Waals surface area contributed by atoms with Crippen LogP contribution in [0, 0.1) is 6.92 Å². The van der Waals surface area contributed by atoms with E-state index in [9.17, 15) is 4.79 Å². The quantitative estimate of drug-likeness (QED) is 0.703. The Kier molecular flexibility index (Phi) is 4.70. The first-order chi connectivity index (χ1) is 12.7. The van der Waals surface area contributed by atoms with Gasteiger partial charge in [-0.1, -0.05) is 67.8 Å². The summed E-state index contributed by atoms with van der Waals surface area (Å²) >= 11 is 0. The monoisotopic (exact) mass is 344 g/mol. The molecule has 1 aromatic heterocycles. The Morgan fingerprint density at radius 1 is 0.962 bits per heavy atom. The highest BCUT2D eigenvalue weighted by Crippen LogP contribution is 2.30. The zero-order valence-electron chi connectivity index (χ0n) is 15.2. The predicted molar refractivity (Wildman–Crippen MR) is 106 cm³/mol. The number of para-hydroxylation sites is 1. The molecule has 0 bridgehead atoms. The van der Waals surface area contributed by atoms with Crippen LogP contribution >= 0.6 is 0 Å². The fourth-order valence-electron chi connectivity index (χ4n) is 3.98. The molecule has 0 aliphatic heterocycles. The summed E-state index contributed by atoms with van der Waals surface area (Å²) in [5.41, 5.74) is 4.51. The first-order valence-corrected chi connectivity index (χ1v) is 9.49. The van der Waals surface area contributed by atoms with Gasteiger partial charge in [-0.2, -0.15) is 0 Å². The molecule has 1 aliphatic carbocycles. The summed E-state index contributed by atoms with van der Waals surface area (Å²) in [4.78, 5) is 18.0. The van der Waals surface area contributed by atoms with Crippen LogP contribution < -0.4 is 5.32 Å². The maximum atomic E-state index is 13.2. The van der Waals surface area contributed by atoms with Crippen molar-refractivity contribution in [1.29, 1.82) is 0 Å². The molecule has 1 fully saturated rings.